The van der Waals surface area contributed by atoms with Crippen molar-refractivity contribution in [2.45, 2.75) is 13.5 Å². The lowest BCUT2D eigenvalue weighted by atomic mass is 10.2. The highest BCUT2D eigenvalue weighted by Gasteiger charge is 2.17. The molecule has 112 valence electrons. The maximum Gasteiger partial charge on any atom is 0.143 e. The van der Waals surface area contributed by atoms with Crippen LogP contribution in [-0.4, -0.2) is 64.2 Å². The third-order valence-electron chi connectivity index (χ3n) is 4.09. The molecule has 1 saturated heterocycles. The molecule has 1 aliphatic rings. The van der Waals surface area contributed by atoms with Gasteiger partial charge in [0.2, 0.25) is 0 Å². The number of hydrogen-bond donors (Lipinski definition) is 1. The van der Waals surface area contributed by atoms with Crippen LogP contribution in [0.1, 0.15) is 11.5 Å². The van der Waals surface area contributed by atoms with Gasteiger partial charge in [0, 0.05) is 43.8 Å². The van der Waals surface area contributed by atoms with Crippen LogP contribution in [-0.2, 0) is 6.54 Å². The lowest BCUT2D eigenvalue weighted by Gasteiger charge is -2.33. The van der Waals surface area contributed by atoms with Crippen molar-refractivity contribution in [2.24, 2.45) is 0 Å². The molecule has 0 bridgehead atoms. The highest BCUT2D eigenvalue weighted by atomic mass is 16.3. The molecule has 1 aliphatic heterocycles. The summed E-state index contributed by atoms with van der Waals surface area (Å²) in [6.45, 7) is 7.91. The van der Waals surface area contributed by atoms with E-state index in [-0.39, 0.29) is 6.61 Å². The van der Waals surface area contributed by atoms with Crippen molar-refractivity contribution in [1.82, 2.24) is 19.8 Å². The number of aromatic nitrogens is 2. The number of piperazine rings is 1. The van der Waals surface area contributed by atoms with E-state index >= 15 is 0 Å². The van der Waals surface area contributed by atoms with Gasteiger partial charge in [-0.1, -0.05) is 18.2 Å². The van der Waals surface area contributed by atoms with Crippen LogP contribution in [0.2, 0.25) is 0 Å². The molecule has 2 aromatic rings. The summed E-state index contributed by atoms with van der Waals surface area (Å²) in [5.41, 5.74) is 2.08. The molecule has 3 rings (SSSR count). The van der Waals surface area contributed by atoms with Crippen LogP contribution in [0.15, 0.2) is 24.3 Å². The molecule has 0 radical (unpaired) electrons. The minimum Gasteiger partial charge on any atom is -0.395 e. The fourth-order valence-electron chi connectivity index (χ4n) is 2.88. The third-order valence-corrected chi connectivity index (χ3v) is 4.09. The molecule has 1 N–H and O–H groups in total. The van der Waals surface area contributed by atoms with Gasteiger partial charge >= 0.3 is 0 Å². The minimum absolute atomic E-state index is 0.243. The number of para-hydroxylation sites is 1. The summed E-state index contributed by atoms with van der Waals surface area (Å²) in [5.74, 6) is 0.904. The van der Waals surface area contributed by atoms with Crippen LogP contribution in [0.3, 0.4) is 0 Å². The van der Waals surface area contributed by atoms with Crippen molar-refractivity contribution in [3.63, 3.8) is 0 Å². The topological polar surface area (TPSA) is 52.5 Å². The molecule has 0 spiro atoms. The number of β-amino-alcohol motifs (C(OH)–C–C–N with tert-alkyl or cyclic N) is 1. The van der Waals surface area contributed by atoms with Crippen molar-refractivity contribution in [2.75, 3.05) is 39.3 Å². The van der Waals surface area contributed by atoms with Gasteiger partial charge in [-0.15, -0.1) is 0 Å². The number of hydrogen-bond acceptors (Lipinski definition) is 5. The van der Waals surface area contributed by atoms with E-state index in [1.165, 1.54) is 0 Å². The Bertz CT molecular complexity index is 608. The second-order valence-corrected chi connectivity index (χ2v) is 5.58. The van der Waals surface area contributed by atoms with Crippen LogP contribution in [0.25, 0.3) is 10.9 Å². The quantitative estimate of drug-likeness (QED) is 0.910. The standard InChI is InChI=1S/C16H22N4O/c1-13-14-4-2-3-5-15(14)18-16(17-13)12-20-8-6-19(7-9-20)10-11-21/h2-5,21H,6-12H2,1H3. The SMILES string of the molecule is Cc1nc(CN2CCN(CCO)CC2)nc2ccccc12. The molecule has 1 aromatic heterocycles. The van der Waals surface area contributed by atoms with Crippen molar-refractivity contribution >= 4 is 10.9 Å². The number of fused-ring (bicyclic) bond motifs is 1. The van der Waals surface area contributed by atoms with E-state index < -0.39 is 0 Å². The Kier molecular flexibility index (Phi) is 4.43. The predicted octanol–water partition coefficient (Wildman–Crippen LogP) is 1.05. The molecule has 1 aromatic carbocycles. The van der Waals surface area contributed by atoms with Crippen molar-refractivity contribution in [3.05, 3.63) is 35.8 Å². The minimum atomic E-state index is 0.243. The third kappa shape index (κ3) is 3.37. The smallest absolute Gasteiger partial charge is 0.143 e. The Morgan fingerprint density at radius 3 is 2.52 bits per heavy atom. The lowest BCUT2D eigenvalue weighted by molar-refractivity contribution is 0.107. The van der Waals surface area contributed by atoms with Gasteiger partial charge in [-0.05, 0) is 13.0 Å². The first-order chi connectivity index (χ1) is 10.3. The maximum atomic E-state index is 8.98. The molecule has 0 saturated carbocycles. The molecule has 21 heavy (non-hydrogen) atoms. The number of aliphatic hydroxyl groups excluding tert-OH is 1. The van der Waals surface area contributed by atoms with Crippen molar-refractivity contribution in [3.8, 4) is 0 Å². The Balaban J connectivity index is 1.68. The highest BCUT2D eigenvalue weighted by Crippen LogP contribution is 2.15. The molecule has 0 atom stereocenters. The van der Waals surface area contributed by atoms with Gasteiger partial charge in [0.1, 0.15) is 5.82 Å². The van der Waals surface area contributed by atoms with Crippen LogP contribution < -0.4 is 0 Å². The van der Waals surface area contributed by atoms with E-state index in [1.807, 2.05) is 25.1 Å². The molecule has 1 fully saturated rings. The monoisotopic (exact) mass is 286 g/mol. The second kappa shape index (κ2) is 6.47. The van der Waals surface area contributed by atoms with Crippen LogP contribution >= 0.6 is 0 Å². The number of rotatable bonds is 4. The number of nitrogens with zero attached hydrogens (tertiary/aromatic N) is 4. The van der Waals surface area contributed by atoms with Gasteiger partial charge in [-0.2, -0.15) is 0 Å². The molecule has 2 heterocycles. The molecule has 0 aliphatic carbocycles. The highest BCUT2D eigenvalue weighted by molar-refractivity contribution is 5.80. The first-order valence-corrected chi connectivity index (χ1v) is 7.54. The van der Waals surface area contributed by atoms with Gasteiger partial charge < -0.3 is 5.11 Å². The molecular formula is C16H22N4O. The Morgan fingerprint density at radius 2 is 1.76 bits per heavy atom. The van der Waals surface area contributed by atoms with Crippen molar-refractivity contribution < 1.29 is 5.11 Å². The first kappa shape index (κ1) is 14.4. The average molecular weight is 286 g/mol. The summed E-state index contributed by atoms with van der Waals surface area (Å²) in [4.78, 5) is 14.0. The molecule has 0 amide bonds. The zero-order chi connectivity index (χ0) is 14.7. The van der Waals surface area contributed by atoms with E-state index in [2.05, 4.69) is 25.8 Å². The van der Waals surface area contributed by atoms with Gasteiger partial charge in [-0.3, -0.25) is 9.80 Å². The van der Waals surface area contributed by atoms with Gasteiger partial charge in [0.25, 0.3) is 0 Å². The second-order valence-electron chi connectivity index (χ2n) is 5.58. The zero-order valence-electron chi connectivity index (χ0n) is 12.5. The lowest BCUT2D eigenvalue weighted by Crippen LogP contribution is -2.46. The van der Waals surface area contributed by atoms with Crippen LogP contribution in [0, 0.1) is 6.92 Å². The largest absolute Gasteiger partial charge is 0.395 e. The van der Waals surface area contributed by atoms with E-state index in [9.17, 15) is 0 Å². The Labute approximate surface area is 125 Å². The Hall–Kier alpha value is -1.56. The van der Waals surface area contributed by atoms with Crippen molar-refractivity contribution in [1.29, 1.82) is 0 Å². The van der Waals surface area contributed by atoms with E-state index in [1.54, 1.807) is 0 Å². The summed E-state index contributed by atoms with van der Waals surface area (Å²) in [7, 11) is 0. The van der Waals surface area contributed by atoms with E-state index in [0.717, 1.165) is 61.7 Å². The van der Waals surface area contributed by atoms with Gasteiger partial charge in [0.15, 0.2) is 0 Å². The van der Waals surface area contributed by atoms with Crippen LogP contribution in [0.5, 0.6) is 0 Å². The summed E-state index contributed by atoms with van der Waals surface area (Å²) in [6.07, 6.45) is 0. The summed E-state index contributed by atoms with van der Waals surface area (Å²) < 4.78 is 0. The molecular weight excluding hydrogens is 264 g/mol. The Morgan fingerprint density at radius 1 is 1.05 bits per heavy atom. The summed E-state index contributed by atoms with van der Waals surface area (Å²) in [6, 6.07) is 8.17. The van der Waals surface area contributed by atoms with Crippen LogP contribution in [0.4, 0.5) is 0 Å². The van der Waals surface area contributed by atoms with Gasteiger partial charge in [0.05, 0.1) is 18.7 Å². The number of aliphatic hydroxyl groups is 1. The fourth-order valence-corrected chi connectivity index (χ4v) is 2.88. The number of aryl methyl sites for hydroxylation is 1. The predicted molar refractivity (Wildman–Crippen MR) is 83.1 cm³/mol. The average Bonchev–Trinajstić information content (AvgIpc) is 2.50. The maximum absolute atomic E-state index is 8.98. The molecule has 0 unspecified atom stereocenters. The van der Waals surface area contributed by atoms with E-state index in [4.69, 9.17) is 5.11 Å². The van der Waals surface area contributed by atoms with E-state index in [0.29, 0.717) is 0 Å². The normalized spacial score (nSPS) is 17.4. The first-order valence-electron chi connectivity index (χ1n) is 7.54. The van der Waals surface area contributed by atoms with Gasteiger partial charge in [-0.25, -0.2) is 9.97 Å². The number of benzene rings is 1. The summed E-state index contributed by atoms with van der Waals surface area (Å²) >= 11 is 0. The summed E-state index contributed by atoms with van der Waals surface area (Å²) in [5, 5.41) is 10.1. The molecule has 5 heteroatoms. The zero-order valence-corrected chi connectivity index (χ0v) is 12.5. The fraction of sp³-hybridized carbons (Fsp3) is 0.500. The molecule has 5 nitrogen and oxygen atoms in total.